The van der Waals surface area contributed by atoms with Gasteiger partial charge < -0.3 is 10.1 Å². The van der Waals surface area contributed by atoms with Gasteiger partial charge >= 0.3 is 5.97 Å². The molecular formula is C25H32N2O3. The minimum Gasteiger partial charge on any atom is -0.467 e. The highest BCUT2D eigenvalue weighted by molar-refractivity contribution is 5.97. The summed E-state index contributed by atoms with van der Waals surface area (Å²) in [7, 11) is 1.34. The van der Waals surface area contributed by atoms with Gasteiger partial charge in [-0.1, -0.05) is 56.5 Å². The summed E-state index contributed by atoms with van der Waals surface area (Å²) < 4.78 is 4.94. The van der Waals surface area contributed by atoms with Crippen LogP contribution in [0.2, 0.25) is 0 Å². The van der Waals surface area contributed by atoms with E-state index in [0.717, 1.165) is 35.4 Å². The van der Waals surface area contributed by atoms with Gasteiger partial charge in [-0.15, -0.1) is 0 Å². The number of nitrogens with zero attached hydrogens (tertiary/aromatic N) is 1. The number of aryl methyl sites for hydroxylation is 2. The Labute approximate surface area is 179 Å². The molecule has 5 heteroatoms. The maximum Gasteiger partial charge on any atom is 0.331 e. The van der Waals surface area contributed by atoms with E-state index in [1.807, 2.05) is 26.1 Å². The Morgan fingerprint density at radius 1 is 1.17 bits per heavy atom. The second kappa shape index (κ2) is 9.41. The molecule has 0 unspecified atom stereocenters. The van der Waals surface area contributed by atoms with Crippen molar-refractivity contribution in [3.63, 3.8) is 0 Å². The number of nitrogens with one attached hydrogen (secondary N) is 1. The monoisotopic (exact) mass is 408 g/mol. The van der Waals surface area contributed by atoms with Crippen molar-refractivity contribution in [3.05, 3.63) is 53.3 Å². The van der Waals surface area contributed by atoms with Gasteiger partial charge in [0.15, 0.2) is 0 Å². The topological polar surface area (TPSA) is 68.3 Å². The molecule has 2 aromatic rings. The molecule has 1 aliphatic rings. The number of esters is 1. The van der Waals surface area contributed by atoms with Crippen LogP contribution in [0.25, 0.3) is 11.1 Å². The van der Waals surface area contributed by atoms with Crippen molar-refractivity contribution in [1.29, 1.82) is 0 Å². The molecular weight excluding hydrogens is 376 g/mol. The lowest BCUT2D eigenvalue weighted by Crippen LogP contribution is -2.54. The van der Waals surface area contributed by atoms with Crippen molar-refractivity contribution in [1.82, 2.24) is 10.3 Å². The fraction of sp³-hybridized carbons (Fsp3) is 0.480. The second-order valence-corrected chi connectivity index (χ2v) is 8.31. The predicted octanol–water partition coefficient (Wildman–Crippen LogP) is 4.86. The molecule has 1 heterocycles. The van der Waals surface area contributed by atoms with Gasteiger partial charge in [0.1, 0.15) is 11.2 Å². The Morgan fingerprint density at radius 3 is 2.40 bits per heavy atom. The minimum atomic E-state index is -1.04. The van der Waals surface area contributed by atoms with Crippen molar-refractivity contribution < 1.29 is 14.3 Å². The Hall–Kier alpha value is -2.69. The Morgan fingerprint density at radius 2 is 1.83 bits per heavy atom. The number of carbonyl (C=O) groups excluding carboxylic acids is 2. The number of hydrogen-bond acceptors (Lipinski definition) is 4. The van der Waals surface area contributed by atoms with E-state index in [-0.39, 0.29) is 5.91 Å². The summed E-state index contributed by atoms with van der Waals surface area (Å²) in [5.74, 6) is 0.0421. The third-order valence-electron chi connectivity index (χ3n) is 6.24. The first kappa shape index (κ1) is 22.0. The Bertz CT molecular complexity index is 897. The SMILES string of the molecule is CCC(CC)(NC(=O)c1cc(-c2ccc(C)cc2)c(CCC2CC2)cn1)C(=O)OC. The summed E-state index contributed by atoms with van der Waals surface area (Å²) in [6, 6.07) is 10.2. The summed E-state index contributed by atoms with van der Waals surface area (Å²) in [5.41, 5.74) is 3.74. The van der Waals surface area contributed by atoms with Gasteiger partial charge in [-0.05, 0) is 61.3 Å². The second-order valence-electron chi connectivity index (χ2n) is 8.31. The van der Waals surface area contributed by atoms with Crippen molar-refractivity contribution >= 4 is 11.9 Å². The molecule has 1 aliphatic carbocycles. The summed E-state index contributed by atoms with van der Waals surface area (Å²) in [5, 5.41) is 2.89. The zero-order chi connectivity index (χ0) is 21.7. The summed E-state index contributed by atoms with van der Waals surface area (Å²) in [4.78, 5) is 29.8. The highest BCUT2D eigenvalue weighted by Crippen LogP contribution is 2.35. The number of pyridine rings is 1. The number of benzene rings is 1. The molecule has 1 N–H and O–H groups in total. The van der Waals surface area contributed by atoms with Crippen LogP contribution < -0.4 is 5.32 Å². The molecule has 0 atom stereocenters. The van der Waals surface area contributed by atoms with Gasteiger partial charge in [0.25, 0.3) is 5.91 Å². The number of amides is 1. The maximum absolute atomic E-state index is 13.0. The summed E-state index contributed by atoms with van der Waals surface area (Å²) >= 11 is 0. The van der Waals surface area contributed by atoms with Crippen LogP contribution in [0, 0.1) is 12.8 Å². The smallest absolute Gasteiger partial charge is 0.331 e. The Kier molecular flexibility index (Phi) is 6.91. The largest absolute Gasteiger partial charge is 0.467 e. The third-order valence-corrected chi connectivity index (χ3v) is 6.24. The molecule has 30 heavy (non-hydrogen) atoms. The van der Waals surface area contributed by atoms with E-state index >= 15 is 0 Å². The fourth-order valence-electron chi connectivity index (χ4n) is 3.82. The average Bonchev–Trinajstić information content (AvgIpc) is 3.60. The quantitative estimate of drug-likeness (QED) is 0.602. The molecule has 0 bridgehead atoms. The lowest BCUT2D eigenvalue weighted by Gasteiger charge is -2.29. The number of aromatic nitrogens is 1. The predicted molar refractivity (Wildman–Crippen MR) is 118 cm³/mol. The molecule has 0 aliphatic heterocycles. The maximum atomic E-state index is 13.0. The van der Waals surface area contributed by atoms with Gasteiger partial charge in [0.05, 0.1) is 7.11 Å². The molecule has 1 aromatic carbocycles. The normalized spacial score (nSPS) is 13.7. The molecule has 1 fully saturated rings. The molecule has 0 saturated heterocycles. The van der Waals surface area contributed by atoms with Crippen LogP contribution >= 0.6 is 0 Å². The fourth-order valence-corrected chi connectivity index (χ4v) is 3.82. The Balaban J connectivity index is 1.92. The molecule has 5 nitrogen and oxygen atoms in total. The van der Waals surface area contributed by atoms with Crippen LogP contribution in [0.15, 0.2) is 36.5 Å². The standard InChI is InChI=1S/C25H32N2O3/c1-5-25(6-2,24(29)30-4)27-23(28)22-15-21(19-12-7-17(3)8-13-19)20(16-26-22)14-11-18-9-10-18/h7-8,12-13,15-16,18H,5-6,9-11,14H2,1-4H3,(H,27,28). The summed E-state index contributed by atoms with van der Waals surface area (Å²) in [6.07, 6.45) is 7.47. The van der Waals surface area contributed by atoms with Crippen molar-refractivity contribution in [2.24, 2.45) is 5.92 Å². The van der Waals surface area contributed by atoms with E-state index in [9.17, 15) is 9.59 Å². The van der Waals surface area contributed by atoms with E-state index in [1.54, 1.807) is 0 Å². The number of ether oxygens (including phenoxy) is 1. The molecule has 1 aromatic heterocycles. The number of hydrogen-bond donors (Lipinski definition) is 1. The summed E-state index contributed by atoms with van der Waals surface area (Å²) in [6.45, 7) is 5.80. The third kappa shape index (κ3) is 4.89. The number of carbonyl (C=O) groups is 2. The van der Waals surface area contributed by atoms with Crippen LogP contribution in [-0.4, -0.2) is 29.5 Å². The van der Waals surface area contributed by atoms with Crippen molar-refractivity contribution in [3.8, 4) is 11.1 Å². The van der Waals surface area contributed by atoms with Crippen LogP contribution in [0.4, 0.5) is 0 Å². The van der Waals surface area contributed by atoms with Gasteiger partial charge in [-0.3, -0.25) is 9.78 Å². The highest BCUT2D eigenvalue weighted by atomic mass is 16.5. The molecule has 0 radical (unpaired) electrons. The van der Waals surface area contributed by atoms with Gasteiger partial charge in [-0.2, -0.15) is 0 Å². The first-order valence-corrected chi connectivity index (χ1v) is 10.9. The molecule has 1 amide bonds. The van der Waals surface area contributed by atoms with Crippen molar-refractivity contribution in [2.45, 2.75) is 64.8 Å². The van der Waals surface area contributed by atoms with Crippen LogP contribution in [0.5, 0.6) is 0 Å². The molecule has 1 saturated carbocycles. The van der Waals surface area contributed by atoms with Crippen LogP contribution in [0.3, 0.4) is 0 Å². The van der Waals surface area contributed by atoms with E-state index in [0.29, 0.717) is 18.5 Å². The molecule has 3 rings (SSSR count). The molecule has 160 valence electrons. The first-order chi connectivity index (χ1) is 14.4. The first-order valence-electron chi connectivity index (χ1n) is 10.9. The molecule has 0 spiro atoms. The van der Waals surface area contributed by atoms with Gasteiger partial charge in [0, 0.05) is 6.20 Å². The van der Waals surface area contributed by atoms with Crippen LogP contribution in [0.1, 0.15) is 67.6 Å². The lowest BCUT2D eigenvalue weighted by atomic mass is 9.92. The van der Waals surface area contributed by atoms with Crippen molar-refractivity contribution in [2.75, 3.05) is 7.11 Å². The van der Waals surface area contributed by atoms with Gasteiger partial charge in [-0.25, -0.2) is 4.79 Å². The zero-order valence-corrected chi connectivity index (χ0v) is 18.5. The van der Waals surface area contributed by atoms with Crippen LogP contribution in [-0.2, 0) is 16.0 Å². The van der Waals surface area contributed by atoms with E-state index < -0.39 is 11.5 Å². The number of rotatable bonds is 9. The lowest BCUT2D eigenvalue weighted by molar-refractivity contribution is -0.148. The average molecular weight is 409 g/mol. The van der Waals surface area contributed by atoms with Gasteiger partial charge in [0.2, 0.25) is 0 Å². The van der Waals surface area contributed by atoms with E-state index in [4.69, 9.17) is 4.74 Å². The van der Waals surface area contributed by atoms with E-state index in [2.05, 4.69) is 41.5 Å². The zero-order valence-electron chi connectivity index (χ0n) is 18.5. The minimum absolute atomic E-state index is 0.316. The van der Waals surface area contributed by atoms with E-state index in [1.165, 1.54) is 25.5 Å². The number of methoxy groups -OCH3 is 1. The highest BCUT2D eigenvalue weighted by Gasteiger charge is 2.38.